The first kappa shape index (κ1) is 17.6. The molecule has 3 aromatic rings. The second kappa shape index (κ2) is 7.35. The van der Waals surface area contributed by atoms with E-state index in [1.807, 2.05) is 63.2 Å². The van der Waals surface area contributed by atoms with Crippen LogP contribution >= 0.6 is 0 Å². The Balaban J connectivity index is 1.76. The summed E-state index contributed by atoms with van der Waals surface area (Å²) in [4.78, 5) is 28.9. The van der Waals surface area contributed by atoms with Gasteiger partial charge in [-0.1, -0.05) is 42.0 Å². The number of hydrogen-bond donors (Lipinski definition) is 1. The predicted molar refractivity (Wildman–Crippen MR) is 103 cm³/mol. The quantitative estimate of drug-likeness (QED) is 0.786. The SMILES string of the molecule is Cc1ccc(-c2cc(=O)n(CC(=O)Nc3cccc(C)c3C)cn2)cc1. The fourth-order valence-electron chi connectivity index (χ4n) is 2.66. The zero-order valence-corrected chi connectivity index (χ0v) is 15.1. The molecule has 0 radical (unpaired) electrons. The van der Waals surface area contributed by atoms with Crippen LogP contribution in [0.5, 0.6) is 0 Å². The molecule has 3 rings (SSSR count). The normalized spacial score (nSPS) is 10.6. The third kappa shape index (κ3) is 3.88. The summed E-state index contributed by atoms with van der Waals surface area (Å²) in [5.41, 5.74) is 5.23. The van der Waals surface area contributed by atoms with Gasteiger partial charge in [-0.2, -0.15) is 0 Å². The van der Waals surface area contributed by atoms with Crippen molar-refractivity contribution in [3.8, 4) is 11.3 Å². The van der Waals surface area contributed by atoms with Crippen LogP contribution in [0, 0.1) is 20.8 Å². The van der Waals surface area contributed by atoms with Gasteiger partial charge in [0.1, 0.15) is 6.54 Å². The van der Waals surface area contributed by atoms with Gasteiger partial charge in [-0.25, -0.2) is 4.98 Å². The summed E-state index contributed by atoms with van der Waals surface area (Å²) in [6, 6.07) is 15.0. The second-order valence-corrected chi connectivity index (χ2v) is 6.40. The number of aryl methyl sites for hydroxylation is 2. The van der Waals surface area contributed by atoms with Crippen LogP contribution in [0.3, 0.4) is 0 Å². The Morgan fingerprint density at radius 1 is 1.08 bits per heavy atom. The maximum Gasteiger partial charge on any atom is 0.254 e. The summed E-state index contributed by atoms with van der Waals surface area (Å²) >= 11 is 0. The van der Waals surface area contributed by atoms with E-state index in [1.165, 1.54) is 17.0 Å². The topological polar surface area (TPSA) is 64.0 Å². The molecule has 0 unspecified atom stereocenters. The van der Waals surface area contributed by atoms with Crippen LogP contribution in [-0.4, -0.2) is 15.5 Å². The lowest BCUT2D eigenvalue weighted by Gasteiger charge is -2.11. The highest BCUT2D eigenvalue weighted by molar-refractivity contribution is 5.91. The van der Waals surface area contributed by atoms with Crippen molar-refractivity contribution in [2.45, 2.75) is 27.3 Å². The van der Waals surface area contributed by atoms with Crippen molar-refractivity contribution in [3.63, 3.8) is 0 Å². The summed E-state index contributed by atoms with van der Waals surface area (Å²) in [6.07, 6.45) is 1.42. The summed E-state index contributed by atoms with van der Waals surface area (Å²) < 4.78 is 1.30. The Morgan fingerprint density at radius 3 is 2.50 bits per heavy atom. The van der Waals surface area contributed by atoms with Crippen molar-refractivity contribution < 1.29 is 4.79 Å². The van der Waals surface area contributed by atoms with Gasteiger partial charge in [-0.3, -0.25) is 14.2 Å². The molecule has 132 valence electrons. The lowest BCUT2D eigenvalue weighted by Crippen LogP contribution is -2.27. The second-order valence-electron chi connectivity index (χ2n) is 6.40. The molecule has 0 fully saturated rings. The number of hydrogen-bond acceptors (Lipinski definition) is 3. The molecule has 0 aliphatic rings. The fraction of sp³-hybridized carbons (Fsp3) is 0.190. The van der Waals surface area contributed by atoms with Gasteiger partial charge in [-0.05, 0) is 38.0 Å². The minimum absolute atomic E-state index is 0.0760. The minimum Gasteiger partial charge on any atom is -0.324 e. The molecule has 2 aromatic carbocycles. The van der Waals surface area contributed by atoms with E-state index in [0.29, 0.717) is 5.69 Å². The van der Waals surface area contributed by atoms with E-state index in [1.54, 1.807) is 0 Å². The third-order valence-corrected chi connectivity index (χ3v) is 4.42. The number of anilines is 1. The van der Waals surface area contributed by atoms with E-state index in [2.05, 4.69) is 10.3 Å². The fourth-order valence-corrected chi connectivity index (χ4v) is 2.66. The van der Waals surface area contributed by atoms with E-state index in [0.717, 1.165) is 27.9 Å². The Labute approximate surface area is 152 Å². The first-order chi connectivity index (χ1) is 12.4. The Kier molecular flexibility index (Phi) is 4.98. The molecular weight excluding hydrogens is 326 g/mol. The summed E-state index contributed by atoms with van der Waals surface area (Å²) in [6.45, 7) is 5.87. The van der Waals surface area contributed by atoms with Crippen LogP contribution in [0.25, 0.3) is 11.3 Å². The van der Waals surface area contributed by atoms with Crippen LogP contribution in [0.1, 0.15) is 16.7 Å². The molecule has 0 aliphatic heterocycles. The minimum atomic E-state index is -0.259. The number of amides is 1. The van der Waals surface area contributed by atoms with E-state index >= 15 is 0 Å². The maximum absolute atomic E-state index is 12.3. The molecule has 0 bridgehead atoms. The van der Waals surface area contributed by atoms with Crippen molar-refractivity contribution in [3.05, 3.63) is 81.9 Å². The first-order valence-electron chi connectivity index (χ1n) is 8.43. The molecule has 0 spiro atoms. The largest absolute Gasteiger partial charge is 0.324 e. The van der Waals surface area contributed by atoms with Gasteiger partial charge in [0.05, 0.1) is 12.0 Å². The van der Waals surface area contributed by atoms with Crippen LogP contribution in [-0.2, 0) is 11.3 Å². The predicted octanol–water partition coefficient (Wildman–Crippen LogP) is 3.47. The molecule has 1 heterocycles. The molecule has 1 N–H and O–H groups in total. The van der Waals surface area contributed by atoms with E-state index in [4.69, 9.17) is 0 Å². The van der Waals surface area contributed by atoms with Gasteiger partial charge in [0.25, 0.3) is 5.56 Å². The highest BCUT2D eigenvalue weighted by Crippen LogP contribution is 2.18. The average molecular weight is 347 g/mol. The Hall–Kier alpha value is -3.21. The van der Waals surface area contributed by atoms with Gasteiger partial charge in [0, 0.05) is 17.3 Å². The van der Waals surface area contributed by atoms with Gasteiger partial charge in [0.2, 0.25) is 5.91 Å². The Bertz CT molecular complexity index is 1000. The standard InChI is InChI=1S/C21H21N3O2/c1-14-7-9-17(10-8-14)19-11-21(26)24(13-22-19)12-20(25)23-18-6-4-5-15(2)16(18)3/h4-11,13H,12H2,1-3H3,(H,23,25). The zero-order valence-electron chi connectivity index (χ0n) is 15.1. The van der Waals surface area contributed by atoms with E-state index in [-0.39, 0.29) is 18.0 Å². The van der Waals surface area contributed by atoms with Crippen molar-refractivity contribution in [2.24, 2.45) is 0 Å². The Morgan fingerprint density at radius 2 is 1.81 bits per heavy atom. The number of benzene rings is 2. The van der Waals surface area contributed by atoms with Gasteiger partial charge >= 0.3 is 0 Å². The van der Waals surface area contributed by atoms with Crippen molar-refractivity contribution in [1.82, 2.24) is 9.55 Å². The summed E-state index contributed by atoms with van der Waals surface area (Å²) in [7, 11) is 0. The molecular formula is C21H21N3O2. The molecule has 26 heavy (non-hydrogen) atoms. The number of carbonyl (C=O) groups excluding carboxylic acids is 1. The monoisotopic (exact) mass is 347 g/mol. The van der Waals surface area contributed by atoms with Crippen LogP contribution in [0.4, 0.5) is 5.69 Å². The number of aromatic nitrogens is 2. The molecule has 0 aliphatic carbocycles. The molecule has 5 nitrogen and oxygen atoms in total. The molecule has 0 saturated carbocycles. The van der Waals surface area contributed by atoms with Gasteiger partial charge in [-0.15, -0.1) is 0 Å². The van der Waals surface area contributed by atoms with Crippen molar-refractivity contribution in [2.75, 3.05) is 5.32 Å². The van der Waals surface area contributed by atoms with Crippen molar-refractivity contribution >= 4 is 11.6 Å². The number of rotatable bonds is 4. The maximum atomic E-state index is 12.3. The smallest absolute Gasteiger partial charge is 0.254 e. The zero-order chi connectivity index (χ0) is 18.7. The van der Waals surface area contributed by atoms with Gasteiger partial charge in [0.15, 0.2) is 0 Å². The highest BCUT2D eigenvalue weighted by atomic mass is 16.2. The molecule has 5 heteroatoms. The molecule has 1 amide bonds. The van der Waals surface area contributed by atoms with Gasteiger partial charge < -0.3 is 5.32 Å². The number of nitrogens with one attached hydrogen (secondary N) is 1. The lowest BCUT2D eigenvalue weighted by atomic mass is 10.1. The highest BCUT2D eigenvalue weighted by Gasteiger charge is 2.09. The van der Waals surface area contributed by atoms with E-state index < -0.39 is 0 Å². The van der Waals surface area contributed by atoms with Crippen LogP contribution in [0.15, 0.2) is 59.7 Å². The van der Waals surface area contributed by atoms with Crippen LogP contribution in [0.2, 0.25) is 0 Å². The third-order valence-electron chi connectivity index (χ3n) is 4.42. The van der Waals surface area contributed by atoms with Crippen LogP contribution < -0.4 is 10.9 Å². The van der Waals surface area contributed by atoms with E-state index in [9.17, 15) is 9.59 Å². The molecule has 0 atom stereocenters. The number of nitrogens with zero attached hydrogens (tertiary/aromatic N) is 2. The molecule has 0 saturated heterocycles. The molecule has 1 aromatic heterocycles. The summed E-state index contributed by atoms with van der Waals surface area (Å²) in [5.74, 6) is -0.259. The summed E-state index contributed by atoms with van der Waals surface area (Å²) in [5, 5.41) is 2.85. The number of carbonyl (C=O) groups is 1. The van der Waals surface area contributed by atoms with Crippen molar-refractivity contribution in [1.29, 1.82) is 0 Å². The first-order valence-corrected chi connectivity index (χ1v) is 8.43. The lowest BCUT2D eigenvalue weighted by molar-refractivity contribution is -0.116. The average Bonchev–Trinajstić information content (AvgIpc) is 2.61.